The van der Waals surface area contributed by atoms with Gasteiger partial charge in [0.15, 0.2) is 0 Å². The van der Waals surface area contributed by atoms with Gasteiger partial charge < -0.3 is 21.0 Å². The van der Waals surface area contributed by atoms with Crippen LogP contribution in [-0.2, 0) is 30.5 Å². The van der Waals surface area contributed by atoms with Crippen molar-refractivity contribution in [3.05, 3.63) is 0 Å². The minimum atomic E-state index is -5.05. The van der Waals surface area contributed by atoms with E-state index in [-0.39, 0.29) is 37.4 Å². The molecule has 4 N–H and O–H groups in total. The monoisotopic (exact) mass is 249 g/mol. The minimum Gasteiger partial charge on any atom is -1.00 e. The predicted octanol–water partition coefficient (Wildman–Crippen LogP) is -3.70. The molecule has 0 spiro atoms. The molecule has 69 valence electrons. The standard InChI is InChI=1S/Cu.Li.H4O7P2.H/c;;1-8(2,3)7-9(4,5)6;/h;;(H2,1,2,3)(H2,4,5,6);/q;+1;;-1. The fourth-order valence-electron chi connectivity index (χ4n) is 0.139. The van der Waals surface area contributed by atoms with E-state index in [0.717, 1.165) is 0 Å². The molecule has 0 aromatic carbocycles. The first-order valence-corrected chi connectivity index (χ1v) is 4.59. The Morgan fingerprint density at radius 3 is 1.18 bits per heavy atom. The zero-order valence-electron chi connectivity index (χ0n) is 6.21. The quantitative estimate of drug-likeness (QED) is 0.293. The molecule has 0 amide bonds. The van der Waals surface area contributed by atoms with Crippen molar-refractivity contribution in [3.8, 4) is 0 Å². The van der Waals surface area contributed by atoms with Gasteiger partial charge in [-0.05, 0) is 0 Å². The summed E-state index contributed by atoms with van der Waals surface area (Å²) < 4.78 is 22.2. The molecule has 0 aromatic heterocycles. The van der Waals surface area contributed by atoms with Gasteiger partial charge >= 0.3 is 34.5 Å². The Morgan fingerprint density at radius 1 is 1.00 bits per heavy atom. The van der Waals surface area contributed by atoms with Crippen molar-refractivity contribution in [1.29, 1.82) is 0 Å². The number of phosphoric acid groups is 2. The van der Waals surface area contributed by atoms with Gasteiger partial charge in [-0.1, -0.05) is 0 Å². The Balaban J connectivity index is -0.000000107. The van der Waals surface area contributed by atoms with Gasteiger partial charge in [0.25, 0.3) is 0 Å². The first-order chi connectivity index (χ1) is 3.71. The normalized spacial score (nSPS) is 11.3. The molecule has 7 nitrogen and oxygen atoms in total. The first-order valence-electron chi connectivity index (χ1n) is 1.53. The van der Waals surface area contributed by atoms with E-state index in [9.17, 15) is 9.13 Å². The summed E-state index contributed by atoms with van der Waals surface area (Å²) in [7, 11) is -10.1. The summed E-state index contributed by atoms with van der Waals surface area (Å²) in [5.41, 5.74) is 0. The van der Waals surface area contributed by atoms with E-state index < -0.39 is 15.6 Å². The third-order valence-corrected chi connectivity index (χ3v) is 1.91. The maximum absolute atomic E-state index is 9.63. The van der Waals surface area contributed by atoms with E-state index in [2.05, 4.69) is 4.31 Å². The summed E-state index contributed by atoms with van der Waals surface area (Å²) in [6, 6.07) is 0. The van der Waals surface area contributed by atoms with Crippen LogP contribution in [0.3, 0.4) is 0 Å². The molecule has 0 aliphatic rings. The van der Waals surface area contributed by atoms with Crippen LogP contribution >= 0.6 is 15.6 Å². The molecule has 0 aromatic rings. The maximum Gasteiger partial charge on any atom is 1.00 e. The fourth-order valence-corrected chi connectivity index (χ4v) is 1.25. The van der Waals surface area contributed by atoms with Gasteiger partial charge in [0.05, 0.1) is 0 Å². The van der Waals surface area contributed by atoms with Crippen LogP contribution in [0.4, 0.5) is 0 Å². The Labute approximate surface area is 86.1 Å². The molecule has 0 aliphatic carbocycles. The van der Waals surface area contributed by atoms with Gasteiger partial charge in [-0.25, -0.2) is 9.13 Å². The van der Waals surface area contributed by atoms with Gasteiger partial charge in [0.2, 0.25) is 0 Å². The van der Waals surface area contributed by atoms with Gasteiger partial charge in [-0.3, -0.25) is 0 Å². The largest absolute Gasteiger partial charge is 1.00 e. The molecule has 0 atom stereocenters. The zero-order chi connectivity index (χ0) is 7.71. The molecule has 11 heavy (non-hydrogen) atoms. The van der Waals surface area contributed by atoms with Crippen LogP contribution < -0.4 is 18.9 Å². The van der Waals surface area contributed by atoms with Gasteiger partial charge in [0.1, 0.15) is 0 Å². The molecule has 0 aliphatic heterocycles. The molecule has 0 rings (SSSR count). The molecule has 11 heteroatoms. The van der Waals surface area contributed by atoms with Gasteiger partial charge in [0, 0.05) is 17.1 Å². The van der Waals surface area contributed by atoms with E-state index in [1.807, 2.05) is 0 Å². The van der Waals surface area contributed by atoms with Crippen LogP contribution in [0.5, 0.6) is 0 Å². The smallest absolute Gasteiger partial charge is 1.00 e. The number of hydrogen-bond donors (Lipinski definition) is 4. The van der Waals surface area contributed by atoms with E-state index >= 15 is 0 Å². The molecular weight excluding hydrogens is 244 g/mol. The zero-order valence-corrected chi connectivity index (χ0v) is 7.94. The maximum atomic E-state index is 9.63. The van der Waals surface area contributed by atoms with Gasteiger partial charge in [-0.15, -0.1) is 0 Å². The Hall–Kier alpha value is 1.38. The molecule has 0 unspecified atom stereocenters. The second-order valence-corrected chi connectivity index (χ2v) is 3.68. The predicted molar refractivity (Wildman–Crippen MR) is 26.3 cm³/mol. The average Bonchev–Trinajstić information content (AvgIpc) is 1.14. The molecule has 0 bridgehead atoms. The second-order valence-electron chi connectivity index (χ2n) is 1.06. The third kappa shape index (κ3) is 18.4. The van der Waals surface area contributed by atoms with Crippen molar-refractivity contribution in [2.24, 2.45) is 0 Å². The van der Waals surface area contributed by atoms with Crippen LogP contribution in [0, 0.1) is 0 Å². The van der Waals surface area contributed by atoms with E-state index in [0.29, 0.717) is 0 Å². The fraction of sp³-hybridized carbons (Fsp3) is 0. The molecule has 1 radical (unpaired) electrons. The number of rotatable bonds is 2. The third-order valence-electron chi connectivity index (χ3n) is 0.213. The minimum absolute atomic E-state index is 0. The van der Waals surface area contributed by atoms with E-state index in [1.165, 1.54) is 0 Å². The first kappa shape index (κ1) is 18.2. The summed E-state index contributed by atoms with van der Waals surface area (Å²) in [4.78, 5) is 31.0. The summed E-state index contributed by atoms with van der Waals surface area (Å²) >= 11 is 0. The van der Waals surface area contributed by atoms with Crippen molar-refractivity contribution in [1.82, 2.24) is 0 Å². The van der Waals surface area contributed by atoms with Crippen molar-refractivity contribution >= 4 is 15.6 Å². The Bertz CT molecular complexity index is 162. The topological polar surface area (TPSA) is 124 Å². The SMILES string of the molecule is O=P(O)(O)OP(=O)(O)O.[Cu].[H-].[Li+]. The van der Waals surface area contributed by atoms with E-state index in [1.54, 1.807) is 0 Å². The Kier molecular flexibility index (Phi) is 9.82. The molecule has 0 saturated heterocycles. The molecule has 0 saturated carbocycles. The second kappa shape index (κ2) is 5.93. The van der Waals surface area contributed by atoms with E-state index in [4.69, 9.17) is 19.6 Å². The summed E-state index contributed by atoms with van der Waals surface area (Å²) in [6.07, 6.45) is 0. The van der Waals surface area contributed by atoms with Crippen molar-refractivity contribution < 1.29 is 70.4 Å². The van der Waals surface area contributed by atoms with Crippen molar-refractivity contribution in [3.63, 3.8) is 0 Å². The van der Waals surface area contributed by atoms with Crippen LogP contribution in [0.2, 0.25) is 0 Å². The summed E-state index contributed by atoms with van der Waals surface area (Å²) in [6.45, 7) is 0. The molecule has 0 heterocycles. The van der Waals surface area contributed by atoms with Crippen LogP contribution in [0.15, 0.2) is 0 Å². The average molecular weight is 249 g/mol. The number of hydrogen-bond acceptors (Lipinski definition) is 3. The Morgan fingerprint density at radius 2 is 1.18 bits per heavy atom. The summed E-state index contributed by atoms with van der Waals surface area (Å²) in [5.74, 6) is 0. The van der Waals surface area contributed by atoms with Crippen LogP contribution in [0.1, 0.15) is 1.43 Å². The van der Waals surface area contributed by atoms with Gasteiger partial charge in [-0.2, -0.15) is 4.31 Å². The van der Waals surface area contributed by atoms with Crippen LogP contribution in [-0.4, -0.2) is 19.6 Å². The molecular formula is H5CuLiO7P2. The van der Waals surface area contributed by atoms with Crippen molar-refractivity contribution in [2.45, 2.75) is 0 Å². The summed E-state index contributed by atoms with van der Waals surface area (Å²) in [5, 5.41) is 0. The van der Waals surface area contributed by atoms with Crippen molar-refractivity contribution in [2.75, 3.05) is 0 Å². The molecule has 0 fully saturated rings. The van der Waals surface area contributed by atoms with Crippen LogP contribution in [0.25, 0.3) is 0 Å².